The molecule has 0 atom stereocenters. The van der Waals surface area contributed by atoms with E-state index in [1.54, 1.807) is 0 Å². The van der Waals surface area contributed by atoms with Crippen LogP contribution in [0.1, 0.15) is 53.7 Å². The first-order chi connectivity index (χ1) is 10.5. The highest BCUT2D eigenvalue weighted by molar-refractivity contribution is 5.93. The number of nitrogens with one attached hydrogen (secondary N) is 1. The van der Waals surface area contributed by atoms with Crippen molar-refractivity contribution in [1.29, 1.82) is 0 Å². The average molecular weight is 311 g/mol. The molecule has 0 radical (unpaired) electrons. The molecule has 1 amide bonds. The second-order valence-corrected chi connectivity index (χ2v) is 5.37. The zero-order valence-electron chi connectivity index (χ0n) is 11.7. The molecule has 2 heterocycles. The van der Waals surface area contributed by atoms with Gasteiger partial charge in [-0.25, -0.2) is 8.78 Å². The van der Waals surface area contributed by atoms with Crippen molar-refractivity contribution < 1.29 is 22.5 Å². The van der Waals surface area contributed by atoms with Gasteiger partial charge in [0.15, 0.2) is 5.82 Å². The van der Waals surface area contributed by atoms with E-state index in [4.69, 9.17) is 8.94 Å². The lowest BCUT2D eigenvalue weighted by atomic mass is 9.86. The molecule has 1 aliphatic rings. The second kappa shape index (κ2) is 5.86. The third kappa shape index (κ3) is 3.32. The van der Waals surface area contributed by atoms with Gasteiger partial charge in [0, 0.05) is 18.8 Å². The van der Waals surface area contributed by atoms with Crippen LogP contribution in [0.2, 0.25) is 0 Å². The van der Waals surface area contributed by atoms with Crippen LogP contribution in [0, 0.1) is 0 Å². The van der Waals surface area contributed by atoms with Crippen molar-refractivity contribution in [2.75, 3.05) is 0 Å². The molecule has 118 valence electrons. The van der Waals surface area contributed by atoms with Gasteiger partial charge in [0.05, 0.1) is 18.4 Å². The van der Waals surface area contributed by atoms with Crippen molar-refractivity contribution in [2.45, 2.75) is 44.1 Å². The van der Waals surface area contributed by atoms with E-state index in [-0.39, 0.29) is 37.1 Å². The Bertz CT molecular complexity index is 630. The van der Waals surface area contributed by atoms with Crippen LogP contribution in [0.5, 0.6) is 0 Å². The first-order valence-electron chi connectivity index (χ1n) is 7.04. The maximum Gasteiger partial charge on any atom is 0.254 e. The van der Waals surface area contributed by atoms with E-state index in [1.165, 1.54) is 18.6 Å². The predicted molar refractivity (Wildman–Crippen MR) is 70.3 cm³/mol. The lowest BCUT2D eigenvalue weighted by Crippen LogP contribution is -2.24. The lowest BCUT2D eigenvalue weighted by molar-refractivity contribution is -0.0389. The van der Waals surface area contributed by atoms with Crippen molar-refractivity contribution in [3.63, 3.8) is 0 Å². The summed E-state index contributed by atoms with van der Waals surface area (Å²) in [5.74, 6) is -2.32. The monoisotopic (exact) mass is 311 g/mol. The summed E-state index contributed by atoms with van der Waals surface area (Å²) in [7, 11) is 0. The van der Waals surface area contributed by atoms with Crippen LogP contribution in [0.4, 0.5) is 8.78 Å². The normalized spacial score (nSPS) is 18.3. The third-order valence-electron chi connectivity index (χ3n) is 3.75. The quantitative estimate of drug-likeness (QED) is 0.939. The number of aromatic nitrogens is 2. The maximum absolute atomic E-state index is 13.1. The molecule has 1 N–H and O–H groups in total. The highest BCUT2D eigenvalue weighted by atomic mass is 19.3. The van der Waals surface area contributed by atoms with Gasteiger partial charge in [-0.05, 0) is 18.9 Å². The van der Waals surface area contributed by atoms with Gasteiger partial charge in [0.25, 0.3) is 5.91 Å². The van der Waals surface area contributed by atoms with E-state index in [9.17, 15) is 13.6 Å². The van der Waals surface area contributed by atoms with E-state index in [0.717, 1.165) is 0 Å². The number of rotatable bonds is 4. The number of hydrogen-bond acceptors (Lipinski definition) is 5. The molecule has 2 aromatic rings. The number of carbonyl (C=O) groups excluding carboxylic acids is 1. The van der Waals surface area contributed by atoms with E-state index in [2.05, 4.69) is 15.5 Å². The van der Waals surface area contributed by atoms with Crippen LogP contribution >= 0.6 is 0 Å². The van der Waals surface area contributed by atoms with Gasteiger partial charge in [0.2, 0.25) is 11.8 Å². The Labute approximate surface area is 124 Å². The number of halogens is 2. The van der Waals surface area contributed by atoms with Gasteiger partial charge in [-0.3, -0.25) is 4.79 Å². The van der Waals surface area contributed by atoms with Crippen molar-refractivity contribution in [3.8, 4) is 0 Å². The predicted octanol–water partition coefficient (Wildman–Crippen LogP) is 2.89. The van der Waals surface area contributed by atoms with Gasteiger partial charge in [0.1, 0.15) is 6.26 Å². The lowest BCUT2D eigenvalue weighted by Gasteiger charge is -2.26. The van der Waals surface area contributed by atoms with Crippen LogP contribution < -0.4 is 5.32 Å². The molecular formula is C14H15F2N3O3. The van der Waals surface area contributed by atoms with E-state index < -0.39 is 5.92 Å². The van der Waals surface area contributed by atoms with E-state index in [0.29, 0.717) is 24.2 Å². The fraction of sp³-hybridized carbons (Fsp3) is 0.500. The summed E-state index contributed by atoms with van der Waals surface area (Å²) < 4.78 is 36.1. The Hall–Kier alpha value is -2.25. The van der Waals surface area contributed by atoms with Gasteiger partial charge < -0.3 is 14.3 Å². The van der Waals surface area contributed by atoms with Crippen LogP contribution in [-0.2, 0) is 6.54 Å². The fourth-order valence-electron chi connectivity index (χ4n) is 2.46. The minimum atomic E-state index is -2.58. The number of amides is 1. The third-order valence-corrected chi connectivity index (χ3v) is 3.75. The zero-order valence-corrected chi connectivity index (χ0v) is 11.7. The van der Waals surface area contributed by atoms with Crippen LogP contribution in [0.15, 0.2) is 27.5 Å². The highest BCUT2D eigenvalue weighted by Crippen LogP contribution is 2.39. The Morgan fingerprint density at radius 2 is 2.18 bits per heavy atom. The molecule has 1 fully saturated rings. The summed E-state index contributed by atoms with van der Waals surface area (Å²) in [5, 5.41) is 6.44. The topological polar surface area (TPSA) is 81.2 Å². The minimum absolute atomic E-state index is 0.0832. The fourth-order valence-corrected chi connectivity index (χ4v) is 2.46. The Morgan fingerprint density at radius 1 is 1.41 bits per heavy atom. The van der Waals surface area contributed by atoms with Gasteiger partial charge in [-0.2, -0.15) is 4.98 Å². The minimum Gasteiger partial charge on any atom is -0.472 e. The molecule has 0 aliphatic heterocycles. The molecule has 0 bridgehead atoms. The molecule has 0 aromatic carbocycles. The molecule has 1 saturated carbocycles. The second-order valence-electron chi connectivity index (χ2n) is 5.37. The molecule has 0 spiro atoms. The van der Waals surface area contributed by atoms with Crippen LogP contribution in [0.25, 0.3) is 0 Å². The SMILES string of the molecule is O=C(NCc1nc(C2CCC(F)(F)CC2)no1)c1ccoc1. The molecule has 3 rings (SSSR count). The molecule has 6 nitrogen and oxygen atoms in total. The van der Waals surface area contributed by atoms with Crippen LogP contribution in [-0.4, -0.2) is 22.0 Å². The number of carbonyl (C=O) groups is 1. The van der Waals surface area contributed by atoms with Crippen molar-refractivity contribution in [3.05, 3.63) is 35.9 Å². The summed E-state index contributed by atoms with van der Waals surface area (Å²) in [5.41, 5.74) is 0.397. The number of nitrogens with zero attached hydrogens (tertiary/aromatic N) is 2. The molecule has 22 heavy (non-hydrogen) atoms. The van der Waals surface area contributed by atoms with Gasteiger partial charge in [-0.15, -0.1) is 0 Å². The maximum atomic E-state index is 13.1. The number of alkyl halides is 2. The Kier molecular flexibility index (Phi) is 3.91. The summed E-state index contributed by atoms with van der Waals surface area (Å²) in [6.45, 7) is 0.0832. The summed E-state index contributed by atoms with van der Waals surface area (Å²) in [6, 6.07) is 1.54. The Morgan fingerprint density at radius 3 is 2.86 bits per heavy atom. The highest BCUT2D eigenvalue weighted by Gasteiger charge is 2.36. The zero-order chi connectivity index (χ0) is 15.6. The molecule has 2 aromatic heterocycles. The van der Waals surface area contributed by atoms with Crippen molar-refractivity contribution in [1.82, 2.24) is 15.5 Å². The van der Waals surface area contributed by atoms with Gasteiger partial charge in [-0.1, -0.05) is 5.16 Å². The summed E-state index contributed by atoms with van der Waals surface area (Å²) >= 11 is 0. The molecule has 0 saturated heterocycles. The van der Waals surface area contributed by atoms with E-state index >= 15 is 0 Å². The Balaban J connectivity index is 1.54. The average Bonchev–Trinajstić information content (AvgIpc) is 3.16. The van der Waals surface area contributed by atoms with Crippen molar-refractivity contribution in [2.24, 2.45) is 0 Å². The summed E-state index contributed by atoms with van der Waals surface area (Å²) in [6.07, 6.45) is 3.10. The number of furan rings is 1. The largest absolute Gasteiger partial charge is 0.472 e. The molecule has 8 heteroatoms. The summed E-state index contributed by atoms with van der Waals surface area (Å²) in [4.78, 5) is 15.9. The smallest absolute Gasteiger partial charge is 0.254 e. The van der Waals surface area contributed by atoms with Crippen molar-refractivity contribution >= 4 is 5.91 Å². The van der Waals surface area contributed by atoms with E-state index in [1.807, 2.05) is 0 Å². The van der Waals surface area contributed by atoms with Gasteiger partial charge >= 0.3 is 0 Å². The first-order valence-corrected chi connectivity index (χ1v) is 7.04. The molecule has 0 unspecified atom stereocenters. The molecular weight excluding hydrogens is 296 g/mol. The first kappa shape index (κ1) is 14.7. The standard InChI is InChI=1S/C14H15F2N3O3/c15-14(16)4-1-9(2-5-14)12-18-11(22-19-12)7-17-13(20)10-3-6-21-8-10/h3,6,8-9H,1-2,4-5,7H2,(H,17,20). The number of hydrogen-bond donors (Lipinski definition) is 1. The molecule has 1 aliphatic carbocycles. The van der Waals surface area contributed by atoms with Crippen LogP contribution in [0.3, 0.4) is 0 Å².